The van der Waals surface area contributed by atoms with Gasteiger partial charge in [-0.25, -0.2) is 4.98 Å². The van der Waals surface area contributed by atoms with Crippen molar-refractivity contribution < 1.29 is 4.79 Å². The van der Waals surface area contributed by atoms with Crippen LogP contribution in [0.25, 0.3) is 0 Å². The van der Waals surface area contributed by atoms with E-state index in [0.29, 0.717) is 16.8 Å². The Bertz CT molecular complexity index is 482. The summed E-state index contributed by atoms with van der Waals surface area (Å²) in [5.41, 5.74) is 6.66. The van der Waals surface area contributed by atoms with Gasteiger partial charge >= 0.3 is 0 Å². The monoisotopic (exact) mass is 325 g/mol. The molecule has 0 atom stereocenters. The molecule has 5 heteroatoms. The second-order valence-corrected chi connectivity index (χ2v) is 6.46. The molecule has 2 rings (SSSR count). The molecule has 0 bridgehead atoms. The van der Waals surface area contributed by atoms with Crippen LogP contribution in [0, 0.1) is 5.41 Å². The molecule has 1 saturated heterocycles. The lowest BCUT2D eigenvalue weighted by atomic mass is 9.78. The van der Waals surface area contributed by atoms with Crippen LogP contribution in [0.5, 0.6) is 0 Å². The number of likely N-dealkylation sites (tertiary alicyclic amines) is 1. The SMILES string of the molecule is CCC1(C)CCN(C(=O)c2cc(Br)cnc2N)CC1. The number of rotatable bonds is 2. The standard InChI is InChI=1S/C14H20BrN3O/c1-3-14(2)4-6-18(7-5-14)13(19)11-8-10(15)9-17-12(11)16/h8-9H,3-7H2,1-2H3,(H2,16,17). The van der Waals surface area contributed by atoms with Crippen LogP contribution >= 0.6 is 15.9 Å². The van der Waals surface area contributed by atoms with Crippen LogP contribution in [0.15, 0.2) is 16.7 Å². The van der Waals surface area contributed by atoms with Crippen molar-refractivity contribution in [2.24, 2.45) is 5.41 Å². The van der Waals surface area contributed by atoms with Crippen LogP contribution in [0.1, 0.15) is 43.5 Å². The maximum atomic E-state index is 12.5. The Labute approximate surface area is 122 Å². The molecule has 2 N–H and O–H groups in total. The van der Waals surface area contributed by atoms with Crippen LogP contribution in [0.2, 0.25) is 0 Å². The lowest BCUT2D eigenvalue weighted by Crippen LogP contribution is -2.42. The molecule has 0 saturated carbocycles. The number of anilines is 1. The average Bonchev–Trinajstić information content (AvgIpc) is 2.42. The molecule has 1 fully saturated rings. The predicted octanol–water partition coefficient (Wildman–Crippen LogP) is 3.08. The van der Waals surface area contributed by atoms with Gasteiger partial charge in [0.25, 0.3) is 5.91 Å². The van der Waals surface area contributed by atoms with E-state index in [1.54, 1.807) is 12.3 Å². The fraction of sp³-hybridized carbons (Fsp3) is 0.571. The number of nitrogens with zero attached hydrogens (tertiary/aromatic N) is 2. The predicted molar refractivity (Wildman–Crippen MR) is 79.9 cm³/mol. The zero-order chi connectivity index (χ0) is 14.0. The number of pyridine rings is 1. The van der Waals surface area contributed by atoms with Crippen molar-refractivity contribution in [3.05, 3.63) is 22.3 Å². The molecule has 0 radical (unpaired) electrons. The molecule has 104 valence electrons. The van der Waals surface area contributed by atoms with E-state index < -0.39 is 0 Å². The fourth-order valence-corrected chi connectivity index (χ4v) is 2.73. The number of nitrogen functional groups attached to an aromatic ring is 1. The van der Waals surface area contributed by atoms with Crippen molar-refractivity contribution >= 4 is 27.7 Å². The Kier molecular flexibility index (Phi) is 4.13. The zero-order valence-electron chi connectivity index (χ0n) is 11.4. The highest BCUT2D eigenvalue weighted by molar-refractivity contribution is 9.10. The number of carbonyl (C=O) groups excluding carboxylic acids is 1. The lowest BCUT2D eigenvalue weighted by molar-refractivity contribution is 0.0601. The van der Waals surface area contributed by atoms with E-state index in [0.717, 1.165) is 36.8 Å². The molecule has 19 heavy (non-hydrogen) atoms. The Balaban J connectivity index is 2.11. The van der Waals surface area contributed by atoms with Gasteiger partial charge in [0.1, 0.15) is 5.82 Å². The minimum atomic E-state index is -0.00977. The van der Waals surface area contributed by atoms with Gasteiger partial charge in [-0.1, -0.05) is 20.3 Å². The quantitative estimate of drug-likeness (QED) is 0.908. The molecular formula is C14H20BrN3O. The molecule has 0 aliphatic carbocycles. The van der Waals surface area contributed by atoms with E-state index in [-0.39, 0.29) is 5.91 Å². The number of carbonyl (C=O) groups is 1. The highest BCUT2D eigenvalue weighted by atomic mass is 79.9. The van der Waals surface area contributed by atoms with Gasteiger partial charge < -0.3 is 10.6 Å². The molecule has 4 nitrogen and oxygen atoms in total. The Morgan fingerprint density at radius 3 is 2.74 bits per heavy atom. The minimum absolute atomic E-state index is 0.00977. The summed E-state index contributed by atoms with van der Waals surface area (Å²) < 4.78 is 0.778. The number of amides is 1. The molecule has 0 unspecified atom stereocenters. The topological polar surface area (TPSA) is 59.2 Å². The largest absolute Gasteiger partial charge is 0.383 e. The van der Waals surface area contributed by atoms with E-state index in [1.165, 1.54) is 0 Å². The number of piperidine rings is 1. The van der Waals surface area contributed by atoms with E-state index >= 15 is 0 Å². The first-order valence-corrected chi connectivity index (χ1v) is 7.45. The third-order valence-electron chi connectivity index (χ3n) is 4.23. The first-order chi connectivity index (χ1) is 8.95. The average molecular weight is 326 g/mol. The molecule has 0 spiro atoms. The van der Waals surface area contributed by atoms with Crippen LogP contribution in [-0.4, -0.2) is 28.9 Å². The smallest absolute Gasteiger partial charge is 0.257 e. The number of nitrogens with two attached hydrogens (primary N) is 1. The van der Waals surface area contributed by atoms with Crippen LogP contribution < -0.4 is 5.73 Å². The van der Waals surface area contributed by atoms with Gasteiger partial charge in [0.2, 0.25) is 0 Å². The normalized spacial score (nSPS) is 18.4. The molecule has 0 aromatic carbocycles. The zero-order valence-corrected chi connectivity index (χ0v) is 13.0. The highest BCUT2D eigenvalue weighted by Crippen LogP contribution is 2.34. The second kappa shape index (κ2) is 5.49. The minimum Gasteiger partial charge on any atom is -0.383 e. The highest BCUT2D eigenvalue weighted by Gasteiger charge is 2.31. The number of aromatic nitrogens is 1. The molecular weight excluding hydrogens is 306 g/mol. The van der Waals surface area contributed by atoms with Gasteiger partial charge in [-0.2, -0.15) is 0 Å². The van der Waals surface area contributed by atoms with Gasteiger partial charge in [-0.3, -0.25) is 4.79 Å². The summed E-state index contributed by atoms with van der Waals surface area (Å²) in [4.78, 5) is 18.4. The van der Waals surface area contributed by atoms with Gasteiger partial charge in [0.05, 0.1) is 5.56 Å². The van der Waals surface area contributed by atoms with Crippen LogP contribution in [0.4, 0.5) is 5.82 Å². The third kappa shape index (κ3) is 3.08. The van der Waals surface area contributed by atoms with Crippen LogP contribution in [-0.2, 0) is 0 Å². The van der Waals surface area contributed by atoms with Gasteiger partial charge in [0.15, 0.2) is 0 Å². The van der Waals surface area contributed by atoms with Gasteiger partial charge in [0, 0.05) is 23.8 Å². The van der Waals surface area contributed by atoms with Crippen molar-refractivity contribution in [2.75, 3.05) is 18.8 Å². The molecule has 2 heterocycles. The summed E-state index contributed by atoms with van der Waals surface area (Å²) in [6.07, 6.45) is 4.87. The Morgan fingerprint density at radius 2 is 2.16 bits per heavy atom. The molecule has 1 aromatic heterocycles. The molecule has 1 aliphatic heterocycles. The second-order valence-electron chi connectivity index (χ2n) is 5.54. The number of halogens is 1. The number of hydrogen-bond donors (Lipinski definition) is 1. The first-order valence-electron chi connectivity index (χ1n) is 6.65. The van der Waals surface area contributed by atoms with E-state index in [2.05, 4.69) is 34.8 Å². The van der Waals surface area contributed by atoms with E-state index in [1.807, 2.05) is 4.90 Å². The van der Waals surface area contributed by atoms with Gasteiger partial charge in [-0.15, -0.1) is 0 Å². The van der Waals surface area contributed by atoms with Gasteiger partial charge in [-0.05, 0) is 40.3 Å². The number of hydrogen-bond acceptors (Lipinski definition) is 3. The van der Waals surface area contributed by atoms with Crippen molar-refractivity contribution in [1.29, 1.82) is 0 Å². The summed E-state index contributed by atoms with van der Waals surface area (Å²) in [6, 6.07) is 1.75. The summed E-state index contributed by atoms with van der Waals surface area (Å²) in [5.74, 6) is 0.293. The van der Waals surface area contributed by atoms with Crippen molar-refractivity contribution in [2.45, 2.75) is 33.1 Å². The summed E-state index contributed by atoms with van der Waals surface area (Å²) in [6.45, 7) is 6.11. The molecule has 1 amide bonds. The first kappa shape index (κ1) is 14.3. The third-order valence-corrected chi connectivity index (χ3v) is 4.66. The van der Waals surface area contributed by atoms with Crippen molar-refractivity contribution in [3.63, 3.8) is 0 Å². The summed E-state index contributed by atoms with van der Waals surface area (Å²) >= 11 is 3.33. The van der Waals surface area contributed by atoms with Crippen LogP contribution in [0.3, 0.4) is 0 Å². The maximum Gasteiger partial charge on any atom is 0.257 e. The molecule has 1 aliphatic rings. The maximum absolute atomic E-state index is 12.5. The van der Waals surface area contributed by atoms with E-state index in [4.69, 9.17) is 5.73 Å². The summed E-state index contributed by atoms with van der Waals surface area (Å²) in [5, 5.41) is 0. The van der Waals surface area contributed by atoms with Crippen molar-refractivity contribution in [3.8, 4) is 0 Å². The summed E-state index contributed by atoms with van der Waals surface area (Å²) in [7, 11) is 0. The van der Waals surface area contributed by atoms with E-state index in [9.17, 15) is 4.79 Å². The Hall–Kier alpha value is -1.10. The lowest BCUT2D eigenvalue weighted by Gasteiger charge is -2.39. The molecule has 1 aromatic rings. The fourth-order valence-electron chi connectivity index (χ4n) is 2.39. The van der Waals surface area contributed by atoms with Crippen molar-refractivity contribution in [1.82, 2.24) is 9.88 Å². The Morgan fingerprint density at radius 1 is 1.53 bits per heavy atom.